The van der Waals surface area contributed by atoms with Crippen LogP contribution in [0.25, 0.3) is 0 Å². The molecule has 196 valence electrons. The molecule has 1 aliphatic rings. The van der Waals surface area contributed by atoms with Crippen molar-refractivity contribution in [1.29, 1.82) is 0 Å². The number of carbonyl (C=O) groups is 2. The van der Waals surface area contributed by atoms with Crippen LogP contribution in [0, 0.1) is 5.92 Å². The molecule has 1 N–H and O–H groups in total. The van der Waals surface area contributed by atoms with Crippen LogP contribution < -0.4 is 9.04 Å². The molecule has 0 aromatic heterocycles. The summed E-state index contributed by atoms with van der Waals surface area (Å²) in [4.78, 5) is 25.5. The molecule has 1 amide bonds. The van der Waals surface area contributed by atoms with E-state index < -0.39 is 22.0 Å². The second-order valence-electron chi connectivity index (χ2n) is 9.13. The van der Waals surface area contributed by atoms with Crippen molar-refractivity contribution in [3.8, 4) is 5.75 Å². The molecule has 1 aliphatic heterocycles. The lowest BCUT2D eigenvalue weighted by atomic mass is 10.0. The van der Waals surface area contributed by atoms with Crippen LogP contribution in [-0.2, 0) is 14.8 Å². The number of ether oxygens (including phenoxy) is 2. The summed E-state index contributed by atoms with van der Waals surface area (Å²) in [7, 11) is -0.836. The number of rotatable bonds is 10. The number of hydrogen-bond donors (Lipinski definition) is 1. The van der Waals surface area contributed by atoms with Gasteiger partial charge in [0.1, 0.15) is 11.3 Å². The molecule has 3 rings (SSSR count). The van der Waals surface area contributed by atoms with E-state index in [-0.39, 0.29) is 28.0 Å². The van der Waals surface area contributed by atoms with Crippen LogP contribution in [0.15, 0.2) is 47.4 Å². The highest BCUT2D eigenvalue weighted by atomic mass is 32.2. The van der Waals surface area contributed by atoms with Crippen LogP contribution >= 0.6 is 0 Å². The van der Waals surface area contributed by atoms with E-state index in [1.807, 2.05) is 6.92 Å². The van der Waals surface area contributed by atoms with E-state index in [0.29, 0.717) is 37.5 Å². The molecule has 10 heteroatoms. The summed E-state index contributed by atoms with van der Waals surface area (Å²) < 4.78 is 39.9. The zero-order chi connectivity index (χ0) is 26.5. The number of carboxylic acid groups (broad SMARTS) is 1. The highest BCUT2D eigenvalue weighted by Crippen LogP contribution is 2.31. The molecule has 9 nitrogen and oxygen atoms in total. The fourth-order valence-electron chi connectivity index (χ4n) is 4.00. The third-order valence-electron chi connectivity index (χ3n) is 6.32. The van der Waals surface area contributed by atoms with Gasteiger partial charge in [0.2, 0.25) is 0 Å². The SMILES string of the molecule is CCC(C)N(c1ccc(C(=O)N(C)C)cc1)S(=O)(=O)c1ccc(OCC2CCOCC2)c(C(=O)O)c1. The molecule has 0 aliphatic carbocycles. The summed E-state index contributed by atoms with van der Waals surface area (Å²) in [6, 6.07) is 9.85. The van der Waals surface area contributed by atoms with Crippen LogP contribution in [0.4, 0.5) is 5.69 Å². The number of carbonyl (C=O) groups excluding carboxylic acids is 1. The zero-order valence-corrected chi connectivity index (χ0v) is 22.0. The van der Waals surface area contributed by atoms with E-state index in [4.69, 9.17) is 9.47 Å². The third kappa shape index (κ3) is 6.17. The summed E-state index contributed by atoms with van der Waals surface area (Å²) in [5, 5.41) is 9.79. The molecule has 0 bridgehead atoms. The first-order valence-corrected chi connectivity index (χ1v) is 13.4. The molecule has 36 heavy (non-hydrogen) atoms. The van der Waals surface area contributed by atoms with Crippen molar-refractivity contribution in [2.75, 3.05) is 38.2 Å². The zero-order valence-electron chi connectivity index (χ0n) is 21.1. The van der Waals surface area contributed by atoms with Crippen molar-refractivity contribution in [3.63, 3.8) is 0 Å². The Kier molecular flexibility index (Phi) is 8.97. The van der Waals surface area contributed by atoms with Gasteiger partial charge in [0.05, 0.1) is 17.2 Å². The normalized spacial score (nSPS) is 15.2. The number of anilines is 1. The number of benzene rings is 2. The van der Waals surface area contributed by atoms with E-state index in [1.54, 1.807) is 45.3 Å². The van der Waals surface area contributed by atoms with Crippen molar-refractivity contribution in [3.05, 3.63) is 53.6 Å². The smallest absolute Gasteiger partial charge is 0.339 e. The van der Waals surface area contributed by atoms with Crippen molar-refractivity contribution in [2.45, 2.75) is 44.0 Å². The minimum absolute atomic E-state index is 0.134. The Morgan fingerprint density at radius 2 is 1.75 bits per heavy atom. The molecule has 2 aromatic rings. The maximum Gasteiger partial charge on any atom is 0.339 e. The summed E-state index contributed by atoms with van der Waals surface area (Å²) >= 11 is 0. The summed E-state index contributed by atoms with van der Waals surface area (Å²) in [5.74, 6) is -1.07. The Bertz CT molecular complexity index is 1170. The number of amides is 1. The lowest BCUT2D eigenvalue weighted by Crippen LogP contribution is -2.38. The van der Waals surface area contributed by atoms with Gasteiger partial charge in [-0.05, 0) is 74.6 Å². The molecular weight excluding hydrogens is 484 g/mol. The third-order valence-corrected chi connectivity index (χ3v) is 8.26. The second kappa shape index (κ2) is 11.7. The Morgan fingerprint density at radius 1 is 1.11 bits per heavy atom. The molecular formula is C26H34N2O7S. The Balaban J connectivity index is 1.94. The Labute approximate surface area is 212 Å². The summed E-state index contributed by atoms with van der Waals surface area (Å²) in [5.41, 5.74) is 0.611. The van der Waals surface area contributed by atoms with E-state index in [9.17, 15) is 23.1 Å². The van der Waals surface area contributed by atoms with Crippen LogP contribution in [0.3, 0.4) is 0 Å². The quantitative estimate of drug-likeness (QED) is 0.508. The maximum absolute atomic E-state index is 13.8. The van der Waals surface area contributed by atoms with Gasteiger partial charge in [-0.3, -0.25) is 9.10 Å². The van der Waals surface area contributed by atoms with Crippen LogP contribution in [0.1, 0.15) is 53.8 Å². The standard InChI is InChI=1S/C26H34N2O7S/c1-5-18(2)28(21-8-6-20(7-9-21)25(29)27(3)4)36(32,33)22-10-11-24(23(16-22)26(30)31)35-17-19-12-14-34-15-13-19/h6-11,16,18-19H,5,12-15,17H2,1-4H3,(H,30,31). The first-order valence-electron chi connectivity index (χ1n) is 12.0. The first kappa shape index (κ1) is 27.5. The molecule has 0 saturated carbocycles. The van der Waals surface area contributed by atoms with Crippen molar-refractivity contribution < 1.29 is 32.6 Å². The molecule has 1 unspecified atom stereocenters. The lowest BCUT2D eigenvalue weighted by molar-refractivity contribution is 0.0490. The first-order chi connectivity index (χ1) is 17.1. The van der Waals surface area contributed by atoms with E-state index >= 15 is 0 Å². The minimum atomic E-state index is -4.12. The number of nitrogens with zero attached hydrogens (tertiary/aromatic N) is 2. The van der Waals surface area contributed by atoms with Gasteiger partial charge in [-0.15, -0.1) is 0 Å². The lowest BCUT2D eigenvalue weighted by Gasteiger charge is -2.30. The average Bonchev–Trinajstić information content (AvgIpc) is 2.87. The van der Waals surface area contributed by atoms with E-state index in [1.165, 1.54) is 21.3 Å². The largest absolute Gasteiger partial charge is 0.492 e. The predicted octanol–water partition coefficient (Wildman–Crippen LogP) is 3.89. The van der Waals surface area contributed by atoms with Gasteiger partial charge in [-0.2, -0.15) is 0 Å². The summed E-state index contributed by atoms with van der Waals surface area (Å²) in [6.07, 6.45) is 2.19. The number of sulfonamides is 1. The van der Waals surface area contributed by atoms with Gasteiger partial charge >= 0.3 is 5.97 Å². The average molecular weight is 519 g/mol. The molecule has 1 heterocycles. The Morgan fingerprint density at radius 3 is 2.31 bits per heavy atom. The van der Waals surface area contributed by atoms with Gasteiger partial charge in [-0.1, -0.05) is 6.92 Å². The van der Waals surface area contributed by atoms with Crippen LogP contribution in [0.5, 0.6) is 5.75 Å². The fourth-order valence-corrected chi connectivity index (χ4v) is 5.76. The second-order valence-corrected chi connectivity index (χ2v) is 10.9. The molecule has 0 radical (unpaired) electrons. The van der Waals surface area contributed by atoms with Crippen molar-refractivity contribution in [2.24, 2.45) is 5.92 Å². The Hall–Kier alpha value is -3.11. The molecule has 1 atom stereocenters. The maximum atomic E-state index is 13.8. The summed E-state index contributed by atoms with van der Waals surface area (Å²) in [6.45, 7) is 5.28. The van der Waals surface area contributed by atoms with E-state index in [0.717, 1.165) is 18.9 Å². The fraction of sp³-hybridized carbons (Fsp3) is 0.462. The monoisotopic (exact) mass is 518 g/mol. The molecule has 1 fully saturated rings. The topological polar surface area (TPSA) is 113 Å². The van der Waals surface area contributed by atoms with Crippen molar-refractivity contribution in [1.82, 2.24) is 4.90 Å². The minimum Gasteiger partial charge on any atom is -0.492 e. The molecule has 2 aromatic carbocycles. The van der Waals surface area contributed by atoms with Gasteiger partial charge in [0, 0.05) is 38.9 Å². The van der Waals surface area contributed by atoms with Gasteiger partial charge in [-0.25, -0.2) is 13.2 Å². The van der Waals surface area contributed by atoms with Crippen LogP contribution in [-0.4, -0.2) is 70.3 Å². The van der Waals surface area contributed by atoms with Gasteiger partial charge < -0.3 is 19.5 Å². The van der Waals surface area contributed by atoms with Crippen molar-refractivity contribution >= 4 is 27.6 Å². The molecule has 0 spiro atoms. The van der Waals surface area contributed by atoms with Gasteiger partial charge in [0.25, 0.3) is 15.9 Å². The van der Waals surface area contributed by atoms with E-state index in [2.05, 4.69) is 0 Å². The number of aromatic carboxylic acids is 1. The highest BCUT2D eigenvalue weighted by Gasteiger charge is 2.30. The van der Waals surface area contributed by atoms with Crippen LogP contribution in [0.2, 0.25) is 0 Å². The van der Waals surface area contributed by atoms with Gasteiger partial charge in [0.15, 0.2) is 0 Å². The predicted molar refractivity (Wildman–Crippen MR) is 136 cm³/mol. The highest BCUT2D eigenvalue weighted by molar-refractivity contribution is 7.92. The number of hydrogen-bond acceptors (Lipinski definition) is 6. The molecule has 1 saturated heterocycles. The number of carboxylic acids is 1.